The Bertz CT molecular complexity index is 801. The topological polar surface area (TPSA) is 54.5 Å². The van der Waals surface area contributed by atoms with E-state index in [0.717, 1.165) is 12.1 Å². The van der Waals surface area contributed by atoms with Crippen LogP contribution in [0.2, 0.25) is 0 Å². The summed E-state index contributed by atoms with van der Waals surface area (Å²) in [6.45, 7) is 0. The summed E-state index contributed by atoms with van der Waals surface area (Å²) in [7, 11) is 0. The number of nitrogens with zero attached hydrogens (tertiary/aromatic N) is 4. The van der Waals surface area contributed by atoms with Gasteiger partial charge < -0.3 is 0 Å². The molecular formula is C17H13FN4. The second kappa shape index (κ2) is 6.19. The van der Waals surface area contributed by atoms with E-state index in [1.807, 2.05) is 30.3 Å². The highest BCUT2D eigenvalue weighted by Gasteiger charge is 2.14. The molecule has 1 heterocycles. The van der Waals surface area contributed by atoms with E-state index in [2.05, 4.69) is 16.4 Å². The molecule has 0 unspecified atom stereocenters. The molecule has 0 saturated heterocycles. The van der Waals surface area contributed by atoms with Crippen molar-refractivity contribution in [1.82, 2.24) is 15.0 Å². The highest BCUT2D eigenvalue weighted by Crippen LogP contribution is 2.16. The third-order valence-electron chi connectivity index (χ3n) is 3.43. The molecule has 0 amide bonds. The van der Waals surface area contributed by atoms with Crippen molar-refractivity contribution in [2.75, 3.05) is 0 Å². The van der Waals surface area contributed by atoms with E-state index in [1.54, 1.807) is 16.8 Å². The normalized spacial score (nSPS) is 10.4. The number of aryl methyl sites for hydroxylation is 1. The minimum Gasteiger partial charge on any atom is -0.216 e. The van der Waals surface area contributed by atoms with E-state index in [0.29, 0.717) is 17.8 Å². The van der Waals surface area contributed by atoms with Gasteiger partial charge in [0.25, 0.3) is 0 Å². The third-order valence-corrected chi connectivity index (χ3v) is 3.43. The molecule has 0 aliphatic carbocycles. The van der Waals surface area contributed by atoms with Crippen LogP contribution in [0.4, 0.5) is 4.39 Å². The SMILES string of the molecule is N#Cc1nnn(-c2ccc(F)cc2)c1CCc1ccccc1. The molecule has 2 aromatic carbocycles. The molecule has 108 valence electrons. The lowest BCUT2D eigenvalue weighted by Gasteiger charge is -2.06. The maximum atomic E-state index is 13.0. The maximum absolute atomic E-state index is 13.0. The third kappa shape index (κ3) is 2.86. The van der Waals surface area contributed by atoms with Crippen molar-refractivity contribution in [2.45, 2.75) is 12.8 Å². The summed E-state index contributed by atoms with van der Waals surface area (Å²) in [5.41, 5.74) is 2.91. The zero-order valence-electron chi connectivity index (χ0n) is 11.8. The average Bonchev–Trinajstić information content (AvgIpc) is 2.97. The maximum Gasteiger partial charge on any atom is 0.186 e. The van der Waals surface area contributed by atoms with Crippen molar-refractivity contribution in [3.63, 3.8) is 0 Å². The van der Waals surface area contributed by atoms with Crippen LogP contribution in [0, 0.1) is 17.1 Å². The second-order valence-electron chi connectivity index (χ2n) is 4.87. The Morgan fingerprint density at radius 1 is 1.00 bits per heavy atom. The number of hydrogen-bond donors (Lipinski definition) is 0. The molecule has 4 nitrogen and oxygen atoms in total. The van der Waals surface area contributed by atoms with Gasteiger partial charge in [0.15, 0.2) is 5.69 Å². The largest absolute Gasteiger partial charge is 0.216 e. The van der Waals surface area contributed by atoms with Crippen LogP contribution in [0.25, 0.3) is 5.69 Å². The quantitative estimate of drug-likeness (QED) is 0.742. The van der Waals surface area contributed by atoms with Crippen LogP contribution in [0.5, 0.6) is 0 Å². The fourth-order valence-corrected chi connectivity index (χ4v) is 2.31. The number of hydrogen-bond acceptors (Lipinski definition) is 3. The summed E-state index contributed by atoms with van der Waals surface area (Å²) in [5.74, 6) is -0.310. The van der Waals surface area contributed by atoms with Crippen molar-refractivity contribution >= 4 is 0 Å². The van der Waals surface area contributed by atoms with Gasteiger partial charge in [0.05, 0.1) is 11.4 Å². The lowest BCUT2D eigenvalue weighted by atomic mass is 10.1. The Morgan fingerprint density at radius 3 is 2.41 bits per heavy atom. The first-order valence-corrected chi connectivity index (χ1v) is 6.92. The van der Waals surface area contributed by atoms with E-state index >= 15 is 0 Å². The Labute approximate surface area is 127 Å². The van der Waals surface area contributed by atoms with Gasteiger partial charge in [0.2, 0.25) is 0 Å². The standard InChI is InChI=1S/C17H13FN4/c18-14-7-9-15(10-8-14)22-17(16(12-19)20-21-22)11-6-13-4-2-1-3-5-13/h1-5,7-10H,6,11H2. The first-order chi connectivity index (χ1) is 10.8. The average molecular weight is 292 g/mol. The van der Waals surface area contributed by atoms with Crippen molar-refractivity contribution in [2.24, 2.45) is 0 Å². The van der Waals surface area contributed by atoms with Crippen LogP contribution in [0.1, 0.15) is 17.0 Å². The van der Waals surface area contributed by atoms with Crippen LogP contribution >= 0.6 is 0 Å². The Morgan fingerprint density at radius 2 is 1.73 bits per heavy atom. The van der Waals surface area contributed by atoms with Gasteiger partial charge >= 0.3 is 0 Å². The van der Waals surface area contributed by atoms with Gasteiger partial charge in [-0.15, -0.1) is 5.10 Å². The molecule has 5 heteroatoms. The Hall–Kier alpha value is -3.00. The van der Waals surface area contributed by atoms with Gasteiger partial charge in [0, 0.05) is 0 Å². The molecule has 0 spiro atoms. The van der Waals surface area contributed by atoms with E-state index in [-0.39, 0.29) is 5.82 Å². The molecule has 0 atom stereocenters. The van der Waals surface area contributed by atoms with Gasteiger partial charge in [-0.2, -0.15) is 5.26 Å². The van der Waals surface area contributed by atoms with Crippen molar-refractivity contribution < 1.29 is 4.39 Å². The number of halogens is 1. The van der Waals surface area contributed by atoms with Gasteiger partial charge in [-0.3, -0.25) is 0 Å². The Kier molecular flexibility index (Phi) is 3.92. The summed E-state index contributed by atoms with van der Waals surface area (Å²) < 4.78 is 14.6. The zero-order chi connectivity index (χ0) is 15.4. The Balaban J connectivity index is 1.91. The predicted octanol–water partition coefficient (Wildman–Crippen LogP) is 3.06. The first kappa shape index (κ1) is 14.0. The fraction of sp³-hybridized carbons (Fsp3) is 0.118. The van der Waals surface area contributed by atoms with Crippen LogP contribution in [-0.4, -0.2) is 15.0 Å². The van der Waals surface area contributed by atoms with Gasteiger partial charge in [-0.1, -0.05) is 35.5 Å². The summed E-state index contributed by atoms with van der Waals surface area (Å²) in [6.07, 6.45) is 1.42. The number of aromatic nitrogens is 3. The van der Waals surface area contributed by atoms with Gasteiger partial charge in [-0.05, 0) is 42.7 Å². The van der Waals surface area contributed by atoms with Gasteiger partial charge in [-0.25, -0.2) is 9.07 Å². The number of benzene rings is 2. The summed E-state index contributed by atoms with van der Waals surface area (Å²) >= 11 is 0. The van der Waals surface area contributed by atoms with E-state index in [1.165, 1.54) is 17.7 Å². The smallest absolute Gasteiger partial charge is 0.186 e. The second-order valence-corrected chi connectivity index (χ2v) is 4.87. The predicted molar refractivity (Wildman–Crippen MR) is 79.9 cm³/mol. The van der Waals surface area contributed by atoms with Crippen LogP contribution in [0.15, 0.2) is 54.6 Å². The minimum absolute atomic E-state index is 0.306. The molecule has 0 bridgehead atoms. The summed E-state index contributed by atoms with van der Waals surface area (Å²) in [6, 6.07) is 18.1. The monoisotopic (exact) mass is 292 g/mol. The molecule has 0 saturated carbocycles. The van der Waals surface area contributed by atoms with E-state index in [9.17, 15) is 9.65 Å². The van der Waals surface area contributed by atoms with Crippen LogP contribution in [-0.2, 0) is 12.8 Å². The number of nitriles is 1. The molecule has 0 radical (unpaired) electrons. The van der Waals surface area contributed by atoms with Crippen molar-refractivity contribution in [3.8, 4) is 11.8 Å². The lowest BCUT2D eigenvalue weighted by Crippen LogP contribution is -2.05. The molecule has 0 aliphatic rings. The minimum atomic E-state index is -0.310. The molecule has 0 aliphatic heterocycles. The fourth-order valence-electron chi connectivity index (χ4n) is 2.31. The van der Waals surface area contributed by atoms with Crippen molar-refractivity contribution in [1.29, 1.82) is 5.26 Å². The molecule has 0 N–H and O–H groups in total. The molecule has 22 heavy (non-hydrogen) atoms. The zero-order valence-corrected chi connectivity index (χ0v) is 11.8. The molecule has 0 fully saturated rings. The van der Waals surface area contributed by atoms with E-state index in [4.69, 9.17) is 0 Å². The summed E-state index contributed by atoms with van der Waals surface area (Å²) in [5, 5.41) is 17.1. The molecule has 1 aromatic heterocycles. The van der Waals surface area contributed by atoms with Gasteiger partial charge in [0.1, 0.15) is 11.9 Å². The van der Waals surface area contributed by atoms with Crippen LogP contribution < -0.4 is 0 Å². The molecule has 3 aromatic rings. The van der Waals surface area contributed by atoms with Crippen LogP contribution in [0.3, 0.4) is 0 Å². The molecular weight excluding hydrogens is 279 g/mol. The first-order valence-electron chi connectivity index (χ1n) is 6.92. The molecule has 3 rings (SSSR count). The van der Waals surface area contributed by atoms with E-state index < -0.39 is 0 Å². The number of rotatable bonds is 4. The van der Waals surface area contributed by atoms with Crippen molar-refractivity contribution in [3.05, 3.63) is 77.4 Å². The highest BCUT2D eigenvalue weighted by atomic mass is 19.1. The lowest BCUT2D eigenvalue weighted by molar-refractivity contribution is 0.626. The summed E-state index contributed by atoms with van der Waals surface area (Å²) in [4.78, 5) is 0. The highest BCUT2D eigenvalue weighted by molar-refractivity contribution is 5.37.